The summed E-state index contributed by atoms with van der Waals surface area (Å²) in [6, 6.07) is 60.7. The maximum absolute atomic E-state index is 2.48. The van der Waals surface area contributed by atoms with E-state index < -0.39 is 0 Å². The minimum Gasteiger partial charge on any atom is -0.309 e. The van der Waals surface area contributed by atoms with Gasteiger partial charge in [-0.1, -0.05) is 157 Å². The van der Waals surface area contributed by atoms with Crippen molar-refractivity contribution in [3.8, 4) is 27.9 Å². The van der Waals surface area contributed by atoms with Crippen molar-refractivity contribution in [2.75, 3.05) is 0 Å². The Morgan fingerprint density at radius 2 is 0.898 bits per heavy atom. The largest absolute Gasteiger partial charge is 0.309 e. The SMILES string of the molecule is Cc1ccc2c(-c3ccc(-n4c5ccc6ccccc6c5c5ccc6ccccc6c54)cc3)c3cc(C)ccc3c(-c3ccccc3)c2c1. The molecule has 0 N–H and O–H groups in total. The van der Waals surface area contributed by atoms with Crippen molar-refractivity contribution in [1.82, 2.24) is 4.57 Å². The quantitative estimate of drug-likeness (QED) is 0.173. The van der Waals surface area contributed by atoms with Gasteiger partial charge in [0.2, 0.25) is 0 Å². The highest BCUT2D eigenvalue weighted by Crippen LogP contribution is 2.45. The van der Waals surface area contributed by atoms with Gasteiger partial charge in [-0.15, -0.1) is 0 Å². The molecule has 0 aliphatic heterocycles. The Kier molecular flexibility index (Phi) is 6.07. The van der Waals surface area contributed by atoms with E-state index in [2.05, 4.69) is 182 Å². The maximum atomic E-state index is 2.48. The molecule has 1 heteroatoms. The highest BCUT2D eigenvalue weighted by Gasteiger charge is 2.20. The molecule has 0 aliphatic carbocycles. The Morgan fingerprint density at radius 1 is 0.367 bits per heavy atom. The summed E-state index contributed by atoms with van der Waals surface area (Å²) >= 11 is 0. The summed E-state index contributed by atoms with van der Waals surface area (Å²) in [6.45, 7) is 4.39. The average molecular weight is 624 g/mol. The van der Waals surface area contributed by atoms with Gasteiger partial charge in [-0.3, -0.25) is 0 Å². The first-order valence-corrected chi connectivity index (χ1v) is 17.1. The molecule has 10 rings (SSSR count). The molecular weight excluding hydrogens is 591 g/mol. The molecule has 0 spiro atoms. The second-order valence-electron chi connectivity index (χ2n) is 13.5. The minimum absolute atomic E-state index is 1.16. The van der Waals surface area contributed by atoms with Crippen LogP contribution in [0.4, 0.5) is 0 Å². The van der Waals surface area contributed by atoms with Crippen LogP contribution in [0.3, 0.4) is 0 Å². The first kappa shape index (κ1) is 27.9. The van der Waals surface area contributed by atoms with E-state index in [4.69, 9.17) is 0 Å². The normalized spacial score (nSPS) is 11.9. The summed E-state index contributed by atoms with van der Waals surface area (Å²) < 4.78 is 2.48. The van der Waals surface area contributed by atoms with Gasteiger partial charge in [-0.2, -0.15) is 0 Å². The van der Waals surface area contributed by atoms with Crippen molar-refractivity contribution in [2.24, 2.45) is 0 Å². The smallest absolute Gasteiger partial charge is 0.0619 e. The molecule has 0 radical (unpaired) electrons. The highest BCUT2D eigenvalue weighted by molar-refractivity contribution is 6.26. The van der Waals surface area contributed by atoms with Crippen molar-refractivity contribution in [3.63, 3.8) is 0 Å². The predicted molar refractivity (Wildman–Crippen MR) is 211 cm³/mol. The topological polar surface area (TPSA) is 4.93 Å². The molecule has 0 unspecified atom stereocenters. The second kappa shape index (κ2) is 10.7. The summed E-state index contributed by atoms with van der Waals surface area (Å²) in [7, 11) is 0. The molecule has 0 saturated carbocycles. The van der Waals surface area contributed by atoms with E-state index in [1.165, 1.54) is 98.3 Å². The van der Waals surface area contributed by atoms with Crippen LogP contribution in [0.15, 0.2) is 164 Å². The van der Waals surface area contributed by atoms with E-state index in [-0.39, 0.29) is 0 Å². The summed E-state index contributed by atoms with van der Waals surface area (Å²) in [6.07, 6.45) is 0. The van der Waals surface area contributed by atoms with E-state index in [1.54, 1.807) is 0 Å². The van der Waals surface area contributed by atoms with E-state index in [0.717, 1.165) is 5.69 Å². The zero-order valence-corrected chi connectivity index (χ0v) is 27.5. The molecule has 1 aromatic heterocycles. The van der Waals surface area contributed by atoms with Crippen molar-refractivity contribution in [1.29, 1.82) is 0 Å². The molecule has 1 heterocycles. The molecule has 1 nitrogen and oxygen atoms in total. The fraction of sp³-hybridized carbons (Fsp3) is 0.0417. The van der Waals surface area contributed by atoms with Gasteiger partial charge in [0.25, 0.3) is 0 Å². The molecule has 10 aromatic rings. The third-order valence-corrected chi connectivity index (χ3v) is 10.4. The highest BCUT2D eigenvalue weighted by atomic mass is 15.0. The summed E-state index contributed by atoms with van der Waals surface area (Å²) in [5, 5.41) is 12.8. The van der Waals surface area contributed by atoms with Gasteiger partial charge >= 0.3 is 0 Å². The van der Waals surface area contributed by atoms with E-state index in [1.807, 2.05) is 0 Å². The Bertz CT molecular complexity index is 2930. The maximum Gasteiger partial charge on any atom is 0.0619 e. The number of fused-ring (bicyclic) bond motifs is 9. The lowest BCUT2D eigenvalue weighted by molar-refractivity contribution is 1.19. The van der Waals surface area contributed by atoms with Crippen LogP contribution in [0.25, 0.3) is 92.8 Å². The Hall–Kier alpha value is -6.18. The molecule has 9 aromatic carbocycles. The number of hydrogen-bond acceptors (Lipinski definition) is 0. The monoisotopic (exact) mass is 623 g/mol. The molecular formula is C48H33N. The van der Waals surface area contributed by atoms with Gasteiger partial charge in [-0.05, 0) is 92.0 Å². The van der Waals surface area contributed by atoms with Gasteiger partial charge < -0.3 is 4.57 Å². The van der Waals surface area contributed by atoms with Crippen molar-refractivity contribution in [3.05, 3.63) is 175 Å². The number of hydrogen-bond donors (Lipinski definition) is 0. The van der Waals surface area contributed by atoms with Crippen molar-refractivity contribution >= 4 is 64.9 Å². The Labute approximate surface area is 285 Å². The summed E-state index contributed by atoms with van der Waals surface area (Å²) in [4.78, 5) is 0. The van der Waals surface area contributed by atoms with Crippen LogP contribution in [0, 0.1) is 13.8 Å². The molecule has 230 valence electrons. The van der Waals surface area contributed by atoms with Crippen LogP contribution in [-0.4, -0.2) is 4.57 Å². The van der Waals surface area contributed by atoms with Gasteiger partial charge in [0, 0.05) is 21.8 Å². The van der Waals surface area contributed by atoms with Crippen molar-refractivity contribution < 1.29 is 0 Å². The predicted octanol–water partition coefficient (Wildman–Crippen LogP) is 13.3. The van der Waals surface area contributed by atoms with Crippen LogP contribution in [0.1, 0.15) is 11.1 Å². The fourth-order valence-electron chi connectivity index (χ4n) is 8.28. The molecule has 0 fully saturated rings. The third kappa shape index (κ3) is 4.19. The van der Waals surface area contributed by atoms with Crippen LogP contribution in [0.2, 0.25) is 0 Å². The molecule has 0 aliphatic rings. The van der Waals surface area contributed by atoms with Gasteiger partial charge in [0.1, 0.15) is 0 Å². The molecule has 49 heavy (non-hydrogen) atoms. The van der Waals surface area contributed by atoms with Crippen molar-refractivity contribution in [2.45, 2.75) is 13.8 Å². The second-order valence-corrected chi connectivity index (χ2v) is 13.5. The molecule has 0 saturated heterocycles. The lowest BCUT2D eigenvalue weighted by atomic mass is 9.85. The van der Waals surface area contributed by atoms with Crippen LogP contribution < -0.4 is 0 Å². The average Bonchev–Trinajstić information content (AvgIpc) is 3.50. The van der Waals surface area contributed by atoms with Gasteiger partial charge in [-0.25, -0.2) is 0 Å². The van der Waals surface area contributed by atoms with E-state index in [9.17, 15) is 0 Å². The Balaban J connectivity index is 1.26. The van der Waals surface area contributed by atoms with Gasteiger partial charge in [0.15, 0.2) is 0 Å². The number of aryl methyl sites for hydroxylation is 2. The summed E-state index contributed by atoms with van der Waals surface area (Å²) in [5.41, 5.74) is 11.3. The third-order valence-electron chi connectivity index (χ3n) is 10.4. The first-order valence-electron chi connectivity index (χ1n) is 17.1. The van der Waals surface area contributed by atoms with Crippen LogP contribution in [0.5, 0.6) is 0 Å². The van der Waals surface area contributed by atoms with Crippen LogP contribution >= 0.6 is 0 Å². The van der Waals surface area contributed by atoms with E-state index >= 15 is 0 Å². The Morgan fingerprint density at radius 3 is 1.57 bits per heavy atom. The lowest BCUT2D eigenvalue weighted by Gasteiger charge is -2.19. The zero-order valence-electron chi connectivity index (χ0n) is 27.5. The molecule has 0 amide bonds. The van der Waals surface area contributed by atoms with Crippen LogP contribution in [-0.2, 0) is 0 Å². The first-order chi connectivity index (χ1) is 24.1. The van der Waals surface area contributed by atoms with Gasteiger partial charge in [0.05, 0.1) is 11.0 Å². The number of aromatic nitrogens is 1. The number of rotatable bonds is 3. The zero-order chi connectivity index (χ0) is 32.6. The number of benzene rings is 9. The standard InChI is InChI=1S/C48H33N/c1-30-17-25-40-42(28-30)45(34-12-4-3-5-13-34)39-24-16-31(2)29-43(39)46(40)35-18-22-36(23-19-35)49-44-27-21-32-10-6-8-14-37(32)47(44)41-26-20-33-11-7-9-15-38(33)48(41)49/h3-29H,1-2H3. The van der Waals surface area contributed by atoms with E-state index in [0.29, 0.717) is 0 Å². The lowest BCUT2D eigenvalue weighted by Crippen LogP contribution is -1.95. The fourth-order valence-corrected chi connectivity index (χ4v) is 8.28. The minimum atomic E-state index is 1.16. The molecule has 0 bridgehead atoms. The summed E-state index contributed by atoms with van der Waals surface area (Å²) in [5.74, 6) is 0. The number of nitrogens with zero attached hydrogens (tertiary/aromatic N) is 1. The molecule has 0 atom stereocenters.